The molecule has 166 valence electrons. The van der Waals surface area contributed by atoms with Crippen molar-refractivity contribution in [2.24, 2.45) is 0 Å². The van der Waals surface area contributed by atoms with Crippen LogP contribution in [0.2, 0.25) is 0 Å². The number of para-hydroxylation sites is 3. The normalized spacial score (nSPS) is 10.5. The van der Waals surface area contributed by atoms with Gasteiger partial charge in [0.1, 0.15) is 5.58 Å². The van der Waals surface area contributed by atoms with E-state index >= 15 is 0 Å². The molecule has 0 aliphatic rings. The fraction of sp³-hybridized carbons (Fsp3) is 0.0800. The molecule has 8 nitrogen and oxygen atoms in total. The monoisotopic (exact) mass is 444 g/mol. The van der Waals surface area contributed by atoms with Crippen molar-refractivity contribution in [3.63, 3.8) is 0 Å². The van der Waals surface area contributed by atoms with Crippen LogP contribution in [0.5, 0.6) is 11.5 Å². The Balaban J connectivity index is 1.41. The molecule has 0 spiro atoms. The van der Waals surface area contributed by atoms with Crippen LogP contribution in [0.1, 0.15) is 10.6 Å². The van der Waals surface area contributed by atoms with Gasteiger partial charge >= 0.3 is 0 Å². The molecule has 1 aromatic heterocycles. The molecule has 0 aliphatic heterocycles. The van der Waals surface area contributed by atoms with Crippen molar-refractivity contribution in [2.45, 2.75) is 0 Å². The van der Waals surface area contributed by atoms with Crippen LogP contribution in [0.3, 0.4) is 0 Å². The molecule has 0 saturated carbocycles. The van der Waals surface area contributed by atoms with E-state index in [1.165, 1.54) is 7.11 Å². The van der Waals surface area contributed by atoms with Crippen molar-refractivity contribution < 1.29 is 23.5 Å². The van der Waals surface area contributed by atoms with E-state index < -0.39 is 5.91 Å². The fourth-order valence-corrected chi connectivity index (χ4v) is 3.16. The zero-order chi connectivity index (χ0) is 23.2. The molecule has 2 amide bonds. The number of methoxy groups -OCH3 is 1. The average molecular weight is 444 g/mol. The van der Waals surface area contributed by atoms with Gasteiger partial charge in [0.05, 0.1) is 12.5 Å². The minimum Gasteiger partial charge on any atom is -0.493 e. The second kappa shape index (κ2) is 9.69. The zero-order valence-electron chi connectivity index (χ0n) is 17.7. The topological polar surface area (TPSA) is 107 Å². The van der Waals surface area contributed by atoms with Crippen molar-refractivity contribution >= 4 is 34.2 Å². The number of nitrogens with one attached hydrogen (secondary N) is 2. The lowest BCUT2D eigenvalue weighted by atomic mass is 10.2. The first kappa shape index (κ1) is 21.6. The van der Waals surface area contributed by atoms with Gasteiger partial charge in [-0.3, -0.25) is 14.4 Å². The minimum atomic E-state index is -0.583. The first-order valence-electron chi connectivity index (χ1n) is 10.0. The van der Waals surface area contributed by atoms with E-state index in [0.29, 0.717) is 33.8 Å². The van der Waals surface area contributed by atoms with Gasteiger partial charge < -0.3 is 24.5 Å². The summed E-state index contributed by atoms with van der Waals surface area (Å²) in [5, 5.41) is 5.77. The maximum atomic E-state index is 12.6. The highest BCUT2D eigenvalue weighted by molar-refractivity contribution is 6.03. The molecule has 33 heavy (non-hydrogen) atoms. The number of rotatable bonds is 7. The maximum absolute atomic E-state index is 12.6. The Morgan fingerprint density at radius 1 is 0.848 bits per heavy atom. The van der Waals surface area contributed by atoms with Crippen LogP contribution < -0.4 is 25.5 Å². The average Bonchev–Trinajstić information content (AvgIpc) is 2.83. The number of hydrogen-bond donors (Lipinski definition) is 2. The third-order valence-corrected chi connectivity index (χ3v) is 4.69. The molecule has 1 heterocycles. The number of amides is 2. The quantitative estimate of drug-likeness (QED) is 0.445. The molecule has 0 radical (unpaired) electrons. The van der Waals surface area contributed by atoms with Crippen LogP contribution in [0.25, 0.3) is 11.0 Å². The summed E-state index contributed by atoms with van der Waals surface area (Å²) in [5.74, 6) is -0.104. The molecule has 0 fully saturated rings. The van der Waals surface area contributed by atoms with E-state index in [2.05, 4.69) is 10.6 Å². The summed E-state index contributed by atoms with van der Waals surface area (Å²) in [6, 6.07) is 21.4. The summed E-state index contributed by atoms with van der Waals surface area (Å²) in [6.45, 7) is -0.223. The van der Waals surface area contributed by atoms with Gasteiger partial charge in [0.15, 0.2) is 29.3 Å². The van der Waals surface area contributed by atoms with E-state index in [4.69, 9.17) is 13.9 Å². The number of carbonyl (C=O) groups is 2. The summed E-state index contributed by atoms with van der Waals surface area (Å²) >= 11 is 0. The second-order valence-corrected chi connectivity index (χ2v) is 6.99. The number of fused-ring (bicyclic) bond motifs is 1. The molecule has 8 heteroatoms. The molecule has 0 atom stereocenters. The van der Waals surface area contributed by atoms with Crippen LogP contribution in [-0.2, 0) is 4.79 Å². The highest BCUT2D eigenvalue weighted by Crippen LogP contribution is 2.25. The predicted octanol–water partition coefficient (Wildman–Crippen LogP) is 4.07. The van der Waals surface area contributed by atoms with Crippen LogP contribution in [0, 0.1) is 0 Å². The molecule has 0 bridgehead atoms. The molecule has 0 aliphatic carbocycles. The molecule has 0 unspecified atom stereocenters. The number of anilines is 2. The van der Waals surface area contributed by atoms with Gasteiger partial charge in [0, 0.05) is 17.4 Å². The summed E-state index contributed by atoms with van der Waals surface area (Å²) < 4.78 is 16.3. The summed E-state index contributed by atoms with van der Waals surface area (Å²) in [5.41, 5.74) is 0.893. The highest BCUT2D eigenvalue weighted by atomic mass is 16.5. The van der Waals surface area contributed by atoms with Gasteiger partial charge in [0.2, 0.25) is 0 Å². The van der Waals surface area contributed by atoms with Gasteiger partial charge in [0.25, 0.3) is 11.8 Å². The summed E-state index contributed by atoms with van der Waals surface area (Å²) in [7, 11) is 1.52. The van der Waals surface area contributed by atoms with Crippen LogP contribution in [-0.4, -0.2) is 25.5 Å². The third kappa shape index (κ3) is 5.19. The molecule has 2 N–H and O–H groups in total. The lowest BCUT2D eigenvalue weighted by molar-refractivity contribution is -0.118. The Bertz CT molecular complexity index is 1380. The lowest BCUT2D eigenvalue weighted by Gasteiger charge is -2.11. The highest BCUT2D eigenvalue weighted by Gasteiger charge is 2.13. The van der Waals surface area contributed by atoms with E-state index in [-0.39, 0.29) is 23.7 Å². The van der Waals surface area contributed by atoms with Crippen LogP contribution in [0.4, 0.5) is 11.4 Å². The first-order chi connectivity index (χ1) is 16.0. The minimum absolute atomic E-state index is 0.113. The molecule has 4 rings (SSSR count). The van der Waals surface area contributed by atoms with Crippen molar-refractivity contribution in [1.82, 2.24) is 0 Å². The van der Waals surface area contributed by atoms with Crippen molar-refractivity contribution in [3.05, 3.63) is 94.8 Å². The Kier molecular flexibility index (Phi) is 6.36. The fourth-order valence-electron chi connectivity index (χ4n) is 3.16. The van der Waals surface area contributed by atoms with Crippen molar-refractivity contribution in [1.29, 1.82) is 0 Å². The molecule has 3 aromatic carbocycles. The molecular formula is C25H20N2O6. The molecule has 0 saturated heterocycles. The molecular weight excluding hydrogens is 424 g/mol. The maximum Gasteiger partial charge on any atom is 0.291 e. The third-order valence-electron chi connectivity index (χ3n) is 4.69. The Morgan fingerprint density at radius 2 is 1.55 bits per heavy atom. The zero-order valence-corrected chi connectivity index (χ0v) is 17.7. The van der Waals surface area contributed by atoms with E-state index in [9.17, 15) is 14.4 Å². The van der Waals surface area contributed by atoms with Gasteiger partial charge in [-0.1, -0.05) is 30.3 Å². The largest absolute Gasteiger partial charge is 0.493 e. The van der Waals surface area contributed by atoms with E-state index in [1.807, 2.05) is 0 Å². The van der Waals surface area contributed by atoms with Gasteiger partial charge in [-0.2, -0.15) is 0 Å². The predicted molar refractivity (Wildman–Crippen MR) is 124 cm³/mol. The Labute approximate surface area is 188 Å². The Hall–Kier alpha value is -4.59. The van der Waals surface area contributed by atoms with Crippen LogP contribution in [0.15, 0.2) is 88.1 Å². The SMILES string of the molecule is COc1ccccc1OCC(=O)Nc1cccc(NC(=O)c2cc(=O)c3ccccc3o2)c1. The first-order valence-corrected chi connectivity index (χ1v) is 10.0. The van der Waals surface area contributed by atoms with Crippen LogP contribution >= 0.6 is 0 Å². The van der Waals surface area contributed by atoms with E-state index in [1.54, 1.807) is 72.8 Å². The smallest absolute Gasteiger partial charge is 0.291 e. The van der Waals surface area contributed by atoms with Crippen molar-refractivity contribution in [2.75, 3.05) is 24.4 Å². The van der Waals surface area contributed by atoms with Gasteiger partial charge in [-0.15, -0.1) is 0 Å². The number of hydrogen-bond acceptors (Lipinski definition) is 6. The standard InChI is InChI=1S/C25H20N2O6/c1-31-21-11-4-5-12-22(21)32-15-24(29)26-16-7-6-8-17(13-16)27-25(30)23-14-19(28)18-9-2-3-10-20(18)33-23/h2-14H,15H2,1H3,(H,26,29)(H,27,30). The second-order valence-electron chi connectivity index (χ2n) is 6.99. The number of benzene rings is 3. The summed E-state index contributed by atoms with van der Waals surface area (Å²) in [4.78, 5) is 37.1. The van der Waals surface area contributed by atoms with E-state index in [0.717, 1.165) is 6.07 Å². The Morgan fingerprint density at radius 3 is 2.33 bits per heavy atom. The van der Waals surface area contributed by atoms with Gasteiger partial charge in [-0.25, -0.2) is 0 Å². The molecule has 4 aromatic rings. The van der Waals surface area contributed by atoms with Gasteiger partial charge in [-0.05, 0) is 42.5 Å². The number of carbonyl (C=O) groups excluding carboxylic acids is 2. The summed E-state index contributed by atoms with van der Waals surface area (Å²) in [6.07, 6.45) is 0. The van der Waals surface area contributed by atoms with Crippen molar-refractivity contribution in [3.8, 4) is 11.5 Å². The lowest BCUT2D eigenvalue weighted by Crippen LogP contribution is -2.20. The number of ether oxygens (including phenoxy) is 2.